The van der Waals surface area contributed by atoms with Crippen LogP contribution in [0.25, 0.3) is 0 Å². The molecule has 8 nitrogen and oxygen atoms in total. The Morgan fingerprint density at radius 1 is 1.06 bits per heavy atom. The molecule has 1 aliphatic rings. The molecule has 3 aromatic rings. The zero-order valence-electron chi connectivity index (χ0n) is 16.9. The fourth-order valence-corrected chi connectivity index (χ4v) is 4.19. The zero-order valence-corrected chi connectivity index (χ0v) is 17.7. The molecule has 0 aliphatic carbocycles. The molecule has 4 rings (SSSR count). The van der Waals surface area contributed by atoms with Crippen molar-refractivity contribution >= 4 is 34.0 Å². The van der Waals surface area contributed by atoms with E-state index in [0.717, 1.165) is 18.8 Å². The van der Waals surface area contributed by atoms with Gasteiger partial charge in [-0.05, 0) is 24.6 Å². The molecule has 3 heterocycles. The Hall–Kier alpha value is -3.46. The van der Waals surface area contributed by atoms with Crippen LogP contribution >= 0.6 is 11.3 Å². The molecule has 1 aromatic carbocycles. The van der Waals surface area contributed by atoms with Gasteiger partial charge in [0, 0.05) is 55.9 Å². The van der Waals surface area contributed by atoms with Crippen molar-refractivity contribution < 1.29 is 9.59 Å². The number of aryl methyl sites for hydroxylation is 1. The number of thiazole rings is 1. The Bertz CT molecular complexity index is 1080. The maximum atomic E-state index is 12.6. The van der Waals surface area contributed by atoms with Crippen molar-refractivity contribution in [3.05, 3.63) is 75.7 Å². The van der Waals surface area contributed by atoms with Crippen LogP contribution in [0.1, 0.15) is 22.5 Å². The molecule has 2 N–H and O–H groups in total. The van der Waals surface area contributed by atoms with Crippen LogP contribution in [0.5, 0.6) is 0 Å². The number of hydrogen-bond donors (Lipinski definition) is 2. The molecule has 1 fully saturated rings. The van der Waals surface area contributed by atoms with Gasteiger partial charge in [-0.3, -0.25) is 19.7 Å². The van der Waals surface area contributed by atoms with Gasteiger partial charge in [-0.1, -0.05) is 18.2 Å². The number of rotatable bonds is 6. The summed E-state index contributed by atoms with van der Waals surface area (Å²) in [6, 6.07) is 13.0. The lowest BCUT2D eigenvalue weighted by atomic mass is 10.2. The van der Waals surface area contributed by atoms with Crippen LogP contribution in [0.3, 0.4) is 0 Å². The first-order chi connectivity index (χ1) is 15.1. The first kappa shape index (κ1) is 20.8. The van der Waals surface area contributed by atoms with E-state index in [2.05, 4.69) is 32.3 Å². The molecule has 0 atom stereocenters. The van der Waals surface area contributed by atoms with Crippen molar-refractivity contribution in [2.45, 2.75) is 12.8 Å². The number of benzene rings is 1. The van der Waals surface area contributed by atoms with E-state index >= 15 is 0 Å². The van der Waals surface area contributed by atoms with E-state index in [1.807, 2.05) is 28.5 Å². The number of anilines is 2. The van der Waals surface area contributed by atoms with Gasteiger partial charge in [-0.15, -0.1) is 11.3 Å². The summed E-state index contributed by atoms with van der Waals surface area (Å²) in [6.07, 6.45) is 2.29. The predicted octanol–water partition coefficient (Wildman–Crippen LogP) is 2.37. The Kier molecular flexibility index (Phi) is 6.42. The van der Waals surface area contributed by atoms with Crippen LogP contribution in [0.4, 0.5) is 10.8 Å². The summed E-state index contributed by atoms with van der Waals surface area (Å²) < 4.78 is 0. The second-order valence-electron chi connectivity index (χ2n) is 7.24. The molecular weight excluding hydrogens is 414 g/mol. The third-order valence-electron chi connectivity index (χ3n) is 5.17. The van der Waals surface area contributed by atoms with Crippen molar-refractivity contribution in [1.29, 1.82) is 0 Å². The fraction of sp³-hybridized carbons (Fsp3) is 0.273. The molecule has 0 saturated carbocycles. The van der Waals surface area contributed by atoms with Crippen molar-refractivity contribution in [3.63, 3.8) is 0 Å². The molecule has 0 radical (unpaired) electrons. The highest BCUT2D eigenvalue weighted by Gasteiger charge is 2.21. The smallest absolute Gasteiger partial charge is 0.258 e. The highest BCUT2D eigenvalue weighted by Crippen LogP contribution is 2.19. The van der Waals surface area contributed by atoms with Gasteiger partial charge in [0.05, 0.1) is 11.3 Å². The molecule has 0 spiro atoms. The average molecular weight is 438 g/mol. The molecule has 0 unspecified atom stereocenters. The highest BCUT2D eigenvalue weighted by molar-refractivity contribution is 7.14. The summed E-state index contributed by atoms with van der Waals surface area (Å²) in [6.45, 7) is 3.08. The number of H-pyrrole nitrogens is 1. The molecule has 31 heavy (non-hydrogen) atoms. The number of aromatic nitrogens is 2. The number of para-hydroxylation sites is 1. The first-order valence-electron chi connectivity index (χ1n) is 10.1. The third-order valence-corrected chi connectivity index (χ3v) is 5.97. The molecule has 1 saturated heterocycles. The number of amides is 2. The van der Waals surface area contributed by atoms with Crippen LogP contribution in [0.15, 0.2) is 58.8 Å². The summed E-state index contributed by atoms with van der Waals surface area (Å²) >= 11 is 1.31. The van der Waals surface area contributed by atoms with Gasteiger partial charge < -0.3 is 14.8 Å². The molecule has 2 aromatic heterocycles. The zero-order chi connectivity index (χ0) is 21.6. The van der Waals surface area contributed by atoms with Gasteiger partial charge in [0.25, 0.3) is 5.91 Å². The van der Waals surface area contributed by atoms with Crippen LogP contribution in [-0.4, -0.2) is 52.9 Å². The summed E-state index contributed by atoms with van der Waals surface area (Å²) in [4.78, 5) is 47.0. The Labute approximate surface area is 183 Å². The van der Waals surface area contributed by atoms with E-state index < -0.39 is 0 Å². The largest absolute Gasteiger partial charge is 0.368 e. The predicted molar refractivity (Wildman–Crippen MR) is 121 cm³/mol. The number of carbonyl (C=O) groups excluding carboxylic acids is 2. The van der Waals surface area contributed by atoms with Crippen molar-refractivity contribution in [2.24, 2.45) is 0 Å². The fourth-order valence-electron chi connectivity index (χ4n) is 3.45. The standard InChI is InChI=1S/C22H23N5O3S/c28-19-8-6-16(14-23-19)21(30)25-22-24-17(15-31-22)7-9-20(29)27-12-10-26(11-13-27)18-4-2-1-3-5-18/h1-6,8,14-15H,7,9-13H2,(H,23,28)(H,24,25,30). The van der Waals surface area contributed by atoms with E-state index in [0.29, 0.717) is 36.6 Å². The lowest BCUT2D eigenvalue weighted by Crippen LogP contribution is -2.48. The van der Waals surface area contributed by atoms with Crippen LogP contribution in [0.2, 0.25) is 0 Å². The Morgan fingerprint density at radius 3 is 2.55 bits per heavy atom. The average Bonchev–Trinajstić information content (AvgIpc) is 3.26. The van der Waals surface area contributed by atoms with E-state index in [9.17, 15) is 14.4 Å². The van der Waals surface area contributed by atoms with Gasteiger partial charge in [-0.25, -0.2) is 4.98 Å². The van der Waals surface area contributed by atoms with Crippen molar-refractivity contribution in [1.82, 2.24) is 14.9 Å². The maximum Gasteiger partial charge on any atom is 0.258 e. The lowest BCUT2D eigenvalue weighted by molar-refractivity contribution is -0.131. The topological polar surface area (TPSA) is 98.4 Å². The second kappa shape index (κ2) is 9.57. The van der Waals surface area contributed by atoms with E-state index in [-0.39, 0.29) is 17.4 Å². The first-order valence-corrected chi connectivity index (χ1v) is 11.0. The number of piperazine rings is 1. The van der Waals surface area contributed by atoms with Crippen LogP contribution < -0.4 is 15.8 Å². The maximum absolute atomic E-state index is 12.6. The number of aromatic amines is 1. The van der Waals surface area contributed by atoms with Crippen LogP contribution in [-0.2, 0) is 11.2 Å². The van der Waals surface area contributed by atoms with Gasteiger partial charge in [0.1, 0.15) is 0 Å². The van der Waals surface area contributed by atoms with E-state index in [1.54, 1.807) is 0 Å². The number of nitrogens with zero attached hydrogens (tertiary/aromatic N) is 3. The molecule has 160 valence electrons. The van der Waals surface area contributed by atoms with Crippen LogP contribution in [0, 0.1) is 0 Å². The normalized spacial score (nSPS) is 13.8. The Balaban J connectivity index is 1.24. The highest BCUT2D eigenvalue weighted by atomic mass is 32.1. The number of hydrogen-bond acceptors (Lipinski definition) is 6. The number of pyridine rings is 1. The molecule has 1 aliphatic heterocycles. The third kappa shape index (κ3) is 5.37. The minimum atomic E-state index is -0.343. The summed E-state index contributed by atoms with van der Waals surface area (Å²) in [5.74, 6) is -0.218. The summed E-state index contributed by atoms with van der Waals surface area (Å²) in [5, 5.41) is 5.03. The van der Waals surface area contributed by atoms with Gasteiger partial charge in [0.15, 0.2) is 5.13 Å². The van der Waals surface area contributed by atoms with Gasteiger partial charge in [0.2, 0.25) is 11.5 Å². The Morgan fingerprint density at radius 2 is 1.84 bits per heavy atom. The minimum absolute atomic E-state index is 0.125. The molecule has 0 bridgehead atoms. The van der Waals surface area contributed by atoms with E-state index in [1.165, 1.54) is 35.4 Å². The quantitative estimate of drug-likeness (QED) is 0.617. The SMILES string of the molecule is O=C(Nc1nc(CCC(=O)N2CCN(c3ccccc3)CC2)cs1)c1ccc(=O)[nH]c1. The molecule has 9 heteroatoms. The van der Waals surface area contributed by atoms with Crippen molar-refractivity contribution in [3.8, 4) is 0 Å². The monoisotopic (exact) mass is 437 g/mol. The summed E-state index contributed by atoms with van der Waals surface area (Å²) in [5.41, 5.74) is 2.05. The van der Waals surface area contributed by atoms with E-state index in [4.69, 9.17) is 0 Å². The van der Waals surface area contributed by atoms with Gasteiger partial charge >= 0.3 is 0 Å². The molecule has 2 amide bonds. The minimum Gasteiger partial charge on any atom is -0.368 e. The number of nitrogens with one attached hydrogen (secondary N) is 2. The lowest BCUT2D eigenvalue weighted by Gasteiger charge is -2.36. The summed E-state index contributed by atoms with van der Waals surface area (Å²) in [7, 11) is 0. The number of carbonyl (C=O) groups is 2. The molecular formula is C22H23N5O3S. The van der Waals surface area contributed by atoms with Crippen molar-refractivity contribution in [2.75, 3.05) is 36.4 Å². The van der Waals surface area contributed by atoms with Gasteiger partial charge in [-0.2, -0.15) is 0 Å². The second-order valence-corrected chi connectivity index (χ2v) is 8.10.